The largest absolute Gasteiger partial charge is 0.337 e. The monoisotopic (exact) mass is 275 g/mol. The van der Waals surface area contributed by atoms with Crippen LogP contribution in [0.5, 0.6) is 0 Å². The Morgan fingerprint density at radius 2 is 2.25 bits per heavy atom. The topological polar surface area (TPSA) is 68.8 Å². The first-order chi connectivity index (χ1) is 9.72. The molecule has 2 aromatic rings. The lowest BCUT2D eigenvalue weighted by molar-refractivity contribution is 0.353. The molecule has 3 rings (SSSR count). The number of rotatable bonds is 3. The molecule has 1 aliphatic heterocycles. The predicted octanol–water partition coefficient (Wildman–Crippen LogP) is 2.14. The predicted molar refractivity (Wildman–Crippen MR) is 74.3 cm³/mol. The number of aromatic nitrogens is 4. The minimum atomic E-state index is 0.232. The van der Waals surface area contributed by atoms with Crippen molar-refractivity contribution < 1.29 is 4.52 Å². The van der Waals surface area contributed by atoms with E-state index in [1.807, 2.05) is 24.6 Å². The molecule has 20 heavy (non-hydrogen) atoms. The van der Waals surface area contributed by atoms with Crippen molar-refractivity contribution in [1.82, 2.24) is 25.2 Å². The van der Waals surface area contributed by atoms with E-state index in [-0.39, 0.29) is 6.04 Å². The summed E-state index contributed by atoms with van der Waals surface area (Å²) >= 11 is 0. The summed E-state index contributed by atoms with van der Waals surface area (Å²) in [4.78, 5) is 4.52. The van der Waals surface area contributed by atoms with Crippen molar-refractivity contribution in [1.29, 1.82) is 0 Å². The third kappa shape index (κ3) is 2.90. The Labute approximate surface area is 118 Å². The van der Waals surface area contributed by atoms with Gasteiger partial charge < -0.3 is 9.84 Å². The SMILES string of the molecule is Cc1cc(C)n(Cc2nc([C@@H]3CCCCCN3)no2)n1. The van der Waals surface area contributed by atoms with Crippen molar-refractivity contribution in [2.75, 3.05) is 6.54 Å². The molecule has 0 spiro atoms. The van der Waals surface area contributed by atoms with Gasteiger partial charge in [0.25, 0.3) is 0 Å². The quantitative estimate of drug-likeness (QED) is 0.929. The lowest BCUT2D eigenvalue weighted by atomic mass is 10.1. The van der Waals surface area contributed by atoms with E-state index in [4.69, 9.17) is 4.52 Å². The number of hydrogen-bond donors (Lipinski definition) is 1. The smallest absolute Gasteiger partial charge is 0.248 e. The van der Waals surface area contributed by atoms with E-state index >= 15 is 0 Å². The van der Waals surface area contributed by atoms with E-state index in [0.717, 1.165) is 30.2 Å². The minimum Gasteiger partial charge on any atom is -0.337 e. The molecule has 2 aromatic heterocycles. The molecule has 1 N–H and O–H groups in total. The van der Waals surface area contributed by atoms with Crippen LogP contribution in [0.1, 0.15) is 54.8 Å². The molecule has 0 unspecified atom stereocenters. The molecule has 1 fully saturated rings. The van der Waals surface area contributed by atoms with Crippen LogP contribution in [0.25, 0.3) is 0 Å². The third-order valence-electron chi connectivity index (χ3n) is 3.74. The normalized spacial score (nSPS) is 20.0. The highest BCUT2D eigenvalue weighted by atomic mass is 16.5. The molecule has 0 saturated carbocycles. The second kappa shape index (κ2) is 5.75. The Kier molecular flexibility index (Phi) is 3.82. The van der Waals surface area contributed by atoms with Gasteiger partial charge in [-0.1, -0.05) is 18.0 Å². The highest BCUT2D eigenvalue weighted by Gasteiger charge is 2.19. The molecule has 0 aliphatic carbocycles. The summed E-state index contributed by atoms with van der Waals surface area (Å²) < 4.78 is 7.26. The fourth-order valence-corrected chi connectivity index (χ4v) is 2.69. The average molecular weight is 275 g/mol. The molecule has 0 radical (unpaired) electrons. The van der Waals surface area contributed by atoms with Gasteiger partial charge in [-0.25, -0.2) is 0 Å². The molecular formula is C14H21N5O. The lowest BCUT2D eigenvalue weighted by Crippen LogP contribution is -2.21. The molecule has 1 aliphatic rings. The van der Waals surface area contributed by atoms with Crippen LogP contribution in [-0.4, -0.2) is 26.5 Å². The summed E-state index contributed by atoms with van der Waals surface area (Å²) in [5.41, 5.74) is 2.11. The van der Waals surface area contributed by atoms with E-state index in [1.54, 1.807) is 0 Å². The van der Waals surface area contributed by atoms with Gasteiger partial charge in [0.05, 0.1) is 11.7 Å². The summed E-state index contributed by atoms with van der Waals surface area (Å²) in [5.74, 6) is 1.40. The van der Waals surface area contributed by atoms with Crippen molar-refractivity contribution in [3.8, 4) is 0 Å². The average Bonchev–Trinajstić information content (AvgIpc) is 2.88. The van der Waals surface area contributed by atoms with Gasteiger partial charge in [-0.05, 0) is 39.3 Å². The molecule has 3 heterocycles. The fraction of sp³-hybridized carbons (Fsp3) is 0.643. The van der Waals surface area contributed by atoms with Gasteiger partial charge in [-0.3, -0.25) is 4.68 Å². The Hall–Kier alpha value is -1.69. The molecule has 0 bridgehead atoms. The summed E-state index contributed by atoms with van der Waals surface area (Å²) in [6, 6.07) is 2.28. The third-order valence-corrected chi connectivity index (χ3v) is 3.74. The fourth-order valence-electron chi connectivity index (χ4n) is 2.69. The van der Waals surface area contributed by atoms with Gasteiger partial charge in [-0.15, -0.1) is 0 Å². The van der Waals surface area contributed by atoms with E-state index < -0.39 is 0 Å². The molecule has 108 valence electrons. The molecule has 1 atom stereocenters. The van der Waals surface area contributed by atoms with Crippen molar-refractivity contribution >= 4 is 0 Å². The maximum absolute atomic E-state index is 5.36. The van der Waals surface area contributed by atoms with Crippen LogP contribution in [0.4, 0.5) is 0 Å². The first-order valence-corrected chi connectivity index (χ1v) is 7.29. The van der Waals surface area contributed by atoms with Gasteiger partial charge in [0.1, 0.15) is 6.54 Å². The van der Waals surface area contributed by atoms with E-state index in [0.29, 0.717) is 12.4 Å². The standard InChI is InChI=1S/C14H21N5O/c1-10-8-11(2)19(17-10)9-13-16-14(18-20-13)12-6-4-3-5-7-15-12/h8,12,15H,3-7,9H2,1-2H3/t12-/m0/s1. The number of hydrogen-bond acceptors (Lipinski definition) is 5. The Morgan fingerprint density at radius 3 is 3.05 bits per heavy atom. The summed E-state index contributed by atoms with van der Waals surface area (Å²) in [7, 11) is 0. The van der Waals surface area contributed by atoms with Gasteiger partial charge in [0, 0.05) is 5.69 Å². The van der Waals surface area contributed by atoms with Gasteiger partial charge in [0.2, 0.25) is 5.89 Å². The van der Waals surface area contributed by atoms with Crippen molar-refractivity contribution in [3.05, 3.63) is 29.2 Å². The Morgan fingerprint density at radius 1 is 1.35 bits per heavy atom. The summed E-state index contributed by atoms with van der Waals surface area (Å²) in [5, 5.41) is 12.0. The zero-order chi connectivity index (χ0) is 13.9. The van der Waals surface area contributed by atoms with Crippen LogP contribution >= 0.6 is 0 Å². The molecule has 6 nitrogen and oxygen atoms in total. The number of aryl methyl sites for hydroxylation is 2. The van der Waals surface area contributed by atoms with Gasteiger partial charge >= 0.3 is 0 Å². The van der Waals surface area contributed by atoms with Crippen molar-refractivity contribution in [2.45, 2.75) is 52.1 Å². The van der Waals surface area contributed by atoms with E-state index in [9.17, 15) is 0 Å². The highest BCUT2D eigenvalue weighted by molar-refractivity contribution is 5.07. The Balaban J connectivity index is 1.71. The maximum Gasteiger partial charge on any atom is 0.248 e. The summed E-state index contributed by atoms with van der Waals surface area (Å²) in [6.07, 6.45) is 4.81. The highest BCUT2D eigenvalue weighted by Crippen LogP contribution is 2.20. The molecule has 0 amide bonds. The molecule has 1 saturated heterocycles. The maximum atomic E-state index is 5.36. The first kappa shape index (κ1) is 13.3. The van der Waals surface area contributed by atoms with Crippen molar-refractivity contribution in [3.63, 3.8) is 0 Å². The first-order valence-electron chi connectivity index (χ1n) is 7.29. The second-order valence-electron chi connectivity index (χ2n) is 5.49. The number of nitrogens with one attached hydrogen (secondary N) is 1. The van der Waals surface area contributed by atoms with Crippen molar-refractivity contribution in [2.24, 2.45) is 0 Å². The van der Waals surface area contributed by atoms with E-state index in [2.05, 4.69) is 20.6 Å². The summed E-state index contributed by atoms with van der Waals surface area (Å²) in [6.45, 7) is 5.59. The van der Waals surface area contributed by atoms with Gasteiger partial charge in [-0.2, -0.15) is 10.1 Å². The molecule has 0 aromatic carbocycles. The van der Waals surface area contributed by atoms with Crippen LogP contribution in [0.3, 0.4) is 0 Å². The van der Waals surface area contributed by atoms with Crippen LogP contribution in [-0.2, 0) is 6.54 Å². The van der Waals surface area contributed by atoms with Crippen LogP contribution < -0.4 is 5.32 Å². The van der Waals surface area contributed by atoms with Crippen LogP contribution in [0, 0.1) is 13.8 Å². The second-order valence-corrected chi connectivity index (χ2v) is 5.49. The van der Waals surface area contributed by atoms with Crippen LogP contribution in [0.15, 0.2) is 10.6 Å². The van der Waals surface area contributed by atoms with E-state index in [1.165, 1.54) is 19.3 Å². The van der Waals surface area contributed by atoms with Gasteiger partial charge in [0.15, 0.2) is 5.82 Å². The number of nitrogens with zero attached hydrogens (tertiary/aromatic N) is 4. The zero-order valence-electron chi connectivity index (χ0n) is 12.1. The van der Waals surface area contributed by atoms with Crippen LogP contribution in [0.2, 0.25) is 0 Å². The molecule has 6 heteroatoms. The minimum absolute atomic E-state index is 0.232. The lowest BCUT2D eigenvalue weighted by Gasteiger charge is -2.09. The zero-order valence-corrected chi connectivity index (χ0v) is 12.1. The Bertz CT molecular complexity index is 566. The molecular weight excluding hydrogens is 254 g/mol.